The van der Waals surface area contributed by atoms with Crippen molar-refractivity contribution in [3.63, 3.8) is 0 Å². The summed E-state index contributed by atoms with van der Waals surface area (Å²) in [6.45, 7) is 2.03. The van der Waals surface area contributed by atoms with Crippen molar-refractivity contribution in [1.29, 1.82) is 0 Å². The van der Waals surface area contributed by atoms with Crippen molar-refractivity contribution in [2.24, 2.45) is 0 Å². The minimum Gasteiger partial charge on any atom is -0.391 e. The first-order valence-corrected chi connectivity index (χ1v) is 7.25. The van der Waals surface area contributed by atoms with E-state index >= 15 is 0 Å². The number of fused-ring (bicyclic) bond motifs is 1. The average molecular weight is 263 g/mol. The van der Waals surface area contributed by atoms with E-state index in [0.717, 1.165) is 41.3 Å². The number of aliphatic hydroxyl groups excluding tert-OH is 1. The van der Waals surface area contributed by atoms with Gasteiger partial charge in [0, 0.05) is 0 Å². The standard InChI is InChI=1S/C14H17NO2S/c1-9-5-4-6-10-13(9)18-15(14(10)17)11-7-2-3-8-12(11)16/h4-6,11-12,16H,2-3,7-8H2,1H3. The van der Waals surface area contributed by atoms with E-state index in [1.165, 1.54) is 11.5 Å². The summed E-state index contributed by atoms with van der Waals surface area (Å²) in [5.74, 6) is 0. The van der Waals surface area contributed by atoms with Crippen LogP contribution in [0.25, 0.3) is 10.1 Å². The molecule has 0 radical (unpaired) electrons. The number of hydrogen-bond acceptors (Lipinski definition) is 3. The van der Waals surface area contributed by atoms with Crippen LogP contribution in [-0.4, -0.2) is 15.2 Å². The van der Waals surface area contributed by atoms with Gasteiger partial charge in [0.2, 0.25) is 0 Å². The first kappa shape index (κ1) is 11.9. The maximum absolute atomic E-state index is 12.4. The van der Waals surface area contributed by atoms with Crippen molar-refractivity contribution >= 4 is 21.6 Å². The molecule has 1 fully saturated rings. The number of aliphatic hydroxyl groups is 1. The lowest BCUT2D eigenvalue weighted by molar-refractivity contribution is 0.0792. The molecule has 2 atom stereocenters. The van der Waals surface area contributed by atoms with E-state index in [4.69, 9.17) is 0 Å². The Kier molecular flexibility index (Phi) is 2.99. The Morgan fingerprint density at radius 1 is 1.33 bits per heavy atom. The van der Waals surface area contributed by atoms with Crippen molar-refractivity contribution in [2.45, 2.75) is 44.8 Å². The smallest absolute Gasteiger partial charge is 0.268 e. The monoisotopic (exact) mass is 263 g/mol. The SMILES string of the molecule is Cc1cccc2c(=O)n(C3CCCCC3O)sc12. The highest BCUT2D eigenvalue weighted by atomic mass is 32.1. The fourth-order valence-corrected chi connectivity index (χ4v) is 4.01. The van der Waals surface area contributed by atoms with Gasteiger partial charge in [0.15, 0.2) is 0 Å². The summed E-state index contributed by atoms with van der Waals surface area (Å²) in [4.78, 5) is 12.4. The van der Waals surface area contributed by atoms with Crippen LogP contribution >= 0.6 is 11.5 Å². The average Bonchev–Trinajstić information content (AvgIpc) is 2.70. The molecular weight excluding hydrogens is 246 g/mol. The van der Waals surface area contributed by atoms with Gasteiger partial charge in [0.25, 0.3) is 5.56 Å². The van der Waals surface area contributed by atoms with Crippen LogP contribution in [0.15, 0.2) is 23.0 Å². The van der Waals surface area contributed by atoms with Crippen molar-refractivity contribution in [3.8, 4) is 0 Å². The predicted molar refractivity (Wildman–Crippen MR) is 74.3 cm³/mol. The van der Waals surface area contributed by atoms with Crippen LogP contribution < -0.4 is 5.56 Å². The molecule has 0 saturated heterocycles. The number of aromatic nitrogens is 1. The van der Waals surface area contributed by atoms with Crippen LogP contribution in [-0.2, 0) is 0 Å². The molecule has 4 heteroatoms. The summed E-state index contributed by atoms with van der Waals surface area (Å²) in [5, 5.41) is 10.9. The van der Waals surface area contributed by atoms with E-state index < -0.39 is 0 Å². The molecule has 3 nitrogen and oxygen atoms in total. The summed E-state index contributed by atoms with van der Waals surface area (Å²) < 4.78 is 2.85. The Morgan fingerprint density at radius 3 is 2.83 bits per heavy atom. The lowest BCUT2D eigenvalue weighted by Gasteiger charge is -2.27. The predicted octanol–water partition coefficient (Wildman–Crippen LogP) is 2.85. The third-order valence-electron chi connectivity index (χ3n) is 3.83. The first-order valence-electron chi connectivity index (χ1n) is 6.47. The second kappa shape index (κ2) is 4.52. The second-order valence-corrected chi connectivity index (χ2v) is 6.08. The van der Waals surface area contributed by atoms with E-state index in [1.807, 2.05) is 25.1 Å². The molecule has 1 N–H and O–H groups in total. The van der Waals surface area contributed by atoms with E-state index in [2.05, 4.69) is 0 Å². The number of rotatable bonds is 1. The Labute approximate surface area is 110 Å². The molecule has 18 heavy (non-hydrogen) atoms. The zero-order valence-electron chi connectivity index (χ0n) is 10.4. The summed E-state index contributed by atoms with van der Waals surface area (Å²) in [5.41, 5.74) is 1.20. The van der Waals surface area contributed by atoms with Gasteiger partial charge in [-0.1, -0.05) is 36.5 Å². The molecule has 0 aliphatic heterocycles. The maximum atomic E-state index is 12.4. The van der Waals surface area contributed by atoms with E-state index in [0.29, 0.717) is 0 Å². The summed E-state index contributed by atoms with van der Waals surface area (Å²) in [6.07, 6.45) is 3.51. The Balaban J connectivity index is 2.15. The topological polar surface area (TPSA) is 42.2 Å². The van der Waals surface area contributed by atoms with Gasteiger partial charge < -0.3 is 5.11 Å². The maximum Gasteiger partial charge on any atom is 0.268 e. The first-order chi connectivity index (χ1) is 8.68. The van der Waals surface area contributed by atoms with Gasteiger partial charge in [-0.3, -0.25) is 8.75 Å². The van der Waals surface area contributed by atoms with Gasteiger partial charge in [-0.05, 0) is 31.4 Å². The molecule has 1 heterocycles. The Hall–Kier alpha value is -1.13. The van der Waals surface area contributed by atoms with Crippen molar-refractivity contribution in [1.82, 2.24) is 3.96 Å². The van der Waals surface area contributed by atoms with E-state index in [-0.39, 0.29) is 17.7 Å². The fourth-order valence-electron chi connectivity index (χ4n) is 2.78. The van der Waals surface area contributed by atoms with Gasteiger partial charge >= 0.3 is 0 Å². The molecule has 96 valence electrons. The number of aryl methyl sites for hydroxylation is 1. The van der Waals surface area contributed by atoms with Gasteiger partial charge in [0.05, 0.1) is 22.2 Å². The van der Waals surface area contributed by atoms with Gasteiger partial charge in [-0.25, -0.2) is 0 Å². The number of hydrogen-bond donors (Lipinski definition) is 1. The van der Waals surface area contributed by atoms with Gasteiger partial charge in [0.1, 0.15) is 0 Å². The Morgan fingerprint density at radius 2 is 2.11 bits per heavy atom. The molecule has 1 saturated carbocycles. The summed E-state index contributed by atoms with van der Waals surface area (Å²) >= 11 is 1.50. The number of benzene rings is 1. The van der Waals surface area contributed by atoms with Crippen LogP contribution in [0.3, 0.4) is 0 Å². The highest BCUT2D eigenvalue weighted by Crippen LogP contribution is 2.31. The third kappa shape index (κ3) is 1.80. The molecule has 1 aliphatic rings. The molecule has 1 aromatic heterocycles. The van der Waals surface area contributed by atoms with Crippen molar-refractivity contribution in [2.75, 3.05) is 0 Å². The minimum atomic E-state index is -0.371. The molecule has 1 aliphatic carbocycles. The lowest BCUT2D eigenvalue weighted by atomic mass is 9.93. The van der Waals surface area contributed by atoms with Crippen LogP contribution in [0.4, 0.5) is 0 Å². The van der Waals surface area contributed by atoms with Crippen LogP contribution in [0.5, 0.6) is 0 Å². The summed E-state index contributed by atoms with van der Waals surface area (Å²) in [6, 6.07) is 5.81. The lowest BCUT2D eigenvalue weighted by Crippen LogP contribution is -2.31. The van der Waals surface area contributed by atoms with Crippen LogP contribution in [0, 0.1) is 6.92 Å². The highest BCUT2D eigenvalue weighted by Gasteiger charge is 2.27. The van der Waals surface area contributed by atoms with Crippen molar-refractivity contribution in [3.05, 3.63) is 34.1 Å². The quantitative estimate of drug-likeness (QED) is 0.859. The third-order valence-corrected chi connectivity index (χ3v) is 5.19. The molecule has 1 aromatic carbocycles. The molecule has 3 rings (SSSR count). The molecule has 2 unspecified atom stereocenters. The molecule has 0 spiro atoms. The molecular formula is C14H17NO2S. The van der Waals surface area contributed by atoms with E-state index in [9.17, 15) is 9.90 Å². The largest absolute Gasteiger partial charge is 0.391 e. The zero-order chi connectivity index (χ0) is 12.7. The van der Waals surface area contributed by atoms with Crippen LogP contribution in [0.2, 0.25) is 0 Å². The minimum absolute atomic E-state index is 0.0250. The van der Waals surface area contributed by atoms with Gasteiger partial charge in [-0.15, -0.1) is 0 Å². The molecule has 0 amide bonds. The Bertz CT molecular complexity index is 628. The fraction of sp³-hybridized carbons (Fsp3) is 0.500. The number of nitrogens with zero attached hydrogens (tertiary/aromatic N) is 1. The molecule has 0 bridgehead atoms. The zero-order valence-corrected chi connectivity index (χ0v) is 11.2. The summed E-state index contributed by atoms with van der Waals surface area (Å²) in [7, 11) is 0. The van der Waals surface area contributed by atoms with Gasteiger partial charge in [-0.2, -0.15) is 0 Å². The molecule has 2 aromatic rings. The second-order valence-electron chi connectivity index (χ2n) is 5.09. The highest BCUT2D eigenvalue weighted by molar-refractivity contribution is 7.14. The van der Waals surface area contributed by atoms with E-state index in [1.54, 1.807) is 3.96 Å². The van der Waals surface area contributed by atoms with Crippen molar-refractivity contribution < 1.29 is 5.11 Å². The normalized spacial score (nSPS) is 24.6. The van der Waals surface area contributed by atoms with Crippen LogP contribution in [0.1, 0.15) is 37.3 Å².